The summed E-state index contributed by atoms with van der Waals surface area (Å²) in [7, 11) is -1.31. The fourth-order valence-corrected chi connectivity index (χ4v) is 7.18. The summed E-state index contributed by atoms with van der Waals surface area (Å²) in [5, 5.41) is 4.95. The van der Waals surface area contributed by atoms with E-state index in [1.165, 1.54) is 7.11 Å². The van der Waals surface area contributed by atoms with Crippen molar-refractivity contribution >= 4 is 39.3 Å². The van der Waals surface area contributed by atoms with E-state index in [-0.39, 0.29) is 13.5 Å². The van der Waals surface area contributed by atoms with Crippen molar-refractivity contribution in [2.45, 2.75) is 58.3 Å². The molecular formula is C41H53N5O5Si2. The van der Waals surface area contributed by atoms with Gasteiger partial charge >= 0.3 is 5.97 Å². The molecule has 0 saturated heterocycles. The molecule has 5 rings (SSSR count). The van der Waals surface area contributed by atoms with Crippen LogP contribution in [-0.4, -0.2) is 82.1 Å². The molecular weight excluding hydrogens is 699 g/mol. The van der Waals surface area contributed by atoms with Gasteiger partial charge in [-0.2, -0.15) is 9.61 Å². The number of hydrogen-bond acceptors (Lipinski definition) is 9. The van der Waals surface area contributed by atoms with Gasteiger partial charge in [-0.15, -0.1) is 0 Å². The number of esters is 1. The van der Waals surface area contributed by atoms with Gasteiger partial charge in [0.2, 0.25) is 0 Å². The number of anilines is 1. The number of pyridine rings is 1. The lowest BCUT2D eigenvalue weighted by molar-refractivity contribution is 0.0600. The Morgan fingerprint density at radius 3 is 1.98 bits per heavy atom. The lowest BCUT2D eigenvalue weighted by Crippen LogP contribution is -2.34. The Labute approximate surface area is 315 Å². The molecule has 5 aromatic rings. The van der Waals surface area contributed by atoms with Gasteiger partial charge < -0.3 is 23.8 Å². The smallest absolute Gasteiger partial charge is 0.337 e. The predicted molar refractivity (Wildman–Crippen MR) is 220 cm³/mol. The van der Waals surface area contributed by atoms with Crippen LogP contribution in [0.4, 0.5) is 5.82 Å². The van der Waals surface area contributed by atoms with Crippen LogP contribution in [0.15, 0.2) is 85.7 Å². The zero-order chi connectivity index (χ0) is 38.2. The van der Waals surface area contributed by atoms with Crippen molar-refractivity contribution in [1.82, 2.24) is 19.6 Å². The monoisotopic (exact) mass is 751 g/mol. The molecule has 10 nitrogen and oxygen atoms in total. The third kappa shape index (κ3) is 10.3. The third-order valence-electron chi connectivity index (χ3n) is 8.73. The molecule has 0 unspecified atom stereocenters. The molecule has 0 saturated carbocycles. The van der Waals surface area contributed by atoms with Crippen LogP contribution in [0.2, 0.25) is 51.4 Å². The fraction of sp³-hybridized carbons (Fsp3) is 0.366. The van der Waals surface area contributed by atoms with Crippen molar-refractivity contribution in [3.8, 4) is 33.6 Å². The Morgan fingerprint density at radius 2 is 1.43 bits per heavy atom. The summed E-state index contributed by atoms with van der Waals surface area (Å²) < 4.78 is 25.8. The molecule has 53 heavy (non-hydrogen) atoms. The second-order valence-corrected chi connectivity index (χ2v) is 26.7. The molecule has 0 radical (unpaired) electrons. The Bertz CT molecular complexity index is 1960. The van der Waals surface area contributed by atoms with Crippen molar-refractivity contribution in [2.24, 2.45) is 0 Å². The van der Waals surface area contributed by atoms with Gasteiger partial charge in [-0.3, -0.25) is 4.98 Å². The first-order valence-corrected chi connectivity index (χ1v) is 25.6. The van der Waals surface area contributed by atoms with E-state index in [0.29, 0.717) is 53.9 Å². The molecule has 0 fully saturated rings. The van der Waals surface area contributed by atoms with E-state index >= 15 is 0 Å². The molecule has 3 aromatic heterocycles. The summed E-state index contributed by atoms with van der Waals surface area (Å²) in [5.41, 5.74) is 6.67. The topological polar surface area (TPSA) is 100 Å². The number of rotatable bonds is 18. The Hall–Kier alpha value is -4.63. The average molecular weight is 752 g/mol. The first-order valence-electron chi connectivity index (χ1n) is 18.1. The number of benzene rings is 2. The molecule has 2 aromatic carbocycles. The maximum atomic E-state index is 12.4. The number of ether oxygens (including phenoxy) is 4. The number of aromatic nitrogens is 4. The van der Waals surface area contributed by atoms with Crippen LogP contribution in [0.5, 0.6) is 0 Å². The van der Waals surface area contributed by atoms with Crippen LogP contribution in [0.1, 0.15) is 22.8 Å². The second kappa shape index (κ2) is 17.5. The van der Waals surface area contributed by atoms with E-state index in [1.807, 2.05) is 78.4 Å². The van der Waals surface area contributed by atoms with Gasteiger partial charge in [-0.1, -0.05) is 94.4 Å². The average Bonchev–Trinajstić information content (AvgIpc) is 3.57. The highest BCUT2D eigenvalue weighted by molar-refractivity contribution is 6.76. The van der Waals surface area contributed by atoms with E-state index < -0.39 is 22.1 Å². The molecule has 0 N–H and O–H groups in total. The number of hydrogen-bond donors (Lipinski definition) is 0. The molecule has 12 heteroatoms. The normalized spacial score (nSPS) is 11.8. The van der Waals surface area contributed by atoms with Gasteiger partial charge in [0.1, 0.15) is 25.0 Å². The van der Waals surface area contributed by atoms with Crippen LogP contribution in [-0.2, 0) is 18.9 Å². The van der Waals surface area contributed by atoms with Gasteiger partial charge in [0.15, 0.2) is 5.65 Å². The molecule has 280 valence electrons. The first kappa shape index (κ1) is 39.6. The lowest BCUT2D eigenvalue weighted by atomic mass is 10.0. The highest BCUT2D eigenvalue weighted by atomic mass is 28.3. The molecule has 0 amide bonds. The number of nitrogens with zero attached hydrogens (tertiary/aromatic N) is 5. The Morgan fingerprint density at radius 1 is 0.811 bits per heavy atom. The largest absolute Gasteiger partial charge is 0.494 e. The maximum Gasteiger partial charge on any atom is 0.337 e. The zero-order valence-corrected chi connectivity index (χ0v) is 34.4. The van der Waals surface area contributed by atoms with Crippen molar-refractivity contribution in [3.05, 3.63) is 96.8 Å². The van der Waals surface area contributed by atoms with Crippen molar-refractivity contribution in [1.29, 1.82) is 0 Å². The van der Waals surface area contributed by atoms with Crippen molar-refractivity contribution < 1.29 is 23.7 Å². The summed E-state index contributed by atoms with van der Waals surface area (Å²) in [5.74, 6) is 0.701. The van der Waals surface area contributed by atoms with E-state index in [0.717, 1.165) is 40.0 Å². The molecule has 0 bridgehead atoms. The van der Waals surface area contributed by atoms with Crippen LogP contribution in [0.25, 0.3) is 45.0 Å². The molecule has 0 spiro atoms. The highest BCUT2D eigenvalue weighted by Gasteiger charge is 2.28. The minimum atomic E-state index is -1.34. The van der Waals surface area contributed by atoms with Gasteiger partial charge in [0, 0.05) is 57.8 Å². The molecule has 0 aliphatic rings. The first-order chi connectivity index (χ1) is 25.3. The van der Waals surface area contributed by atoms with E-state index in [4.69, 9.17) is 34.0 Å². The molecule has 0 aliphatic heterocycles. The summed E-state index contributed by atoms with van der Waals surface area (Å²) >= 11 is 0. The molecule has 0 atom stereocenters. The summed E-state index contributed by atoms with van der Waals surface area (Å²) in [4.78, 5) is 24.5. The molecule has 0 aliphatic carbocycles. The minimum Gasteiger partial charge on any atom is -0.494 e. The quantitative estimate of drug-likeness (QED) is 0.0285. The predicted octanol–water partition coefficient (Wildman–Crippen LogP) is 9.35. The summed E-state index contributed by atoms with van der Waals surface area (Å²) in [6.45, 7) is 22.5. The lowest BCUT2D eigenvalue weighted by Gasteiger charge is -2.29. The van der Waals surface area contributed by atoms with Crippen LogP contribution in [0.3, 0.4) is 0 Å². The molecule has 3 heterocycles. The standard InChI is InChI=1S/C41H53N5O5Si2/c1-10-51-30(2)37-38(32-16-18-33(19-17-32)41(47)48-3)44-39-35(34-20-21-36(42-26-34)31-14-12-11-13-15-31)27-43-46(39)40(37)45(28-49-22-24-52(4,5)6)29-50-23-25-53(7,8)9/h11-21,26-27H,2,10,22-25,28-29H2,1,3-9H3. The highest BCUT2D eigenvalue weighted by Crippen LogP contribution is 2.39. The third-order valence-corrected chi connectivity index (χ3v) is 12.1. The van der Waals surface area contributed by atoms with Gasteiger partial charge in [0.25, 0.3) is 0 Å². The Kier molecular flexibility index (Phi) is 13.0. The van der Waals surface area contributed by atoms with Crippen LogP contribution < -0.4 is 4.90 Å². The number of fused-ring (bicyclic) bond motifs is 1. The zero-order valence-electron chi connectivity index (χ0n) is 32.4. The number of carbonyl (C=O) groups excluding carboxylic acids is 1. The second-order valence-electron chi connectivity index (χ2n) is 15.4. The van der Waals surface area contributed by atoms with E-state index in [1.54, 1.807) is 12.1 Å². The van der Waals surface area contributed by atoms with Crippen LogP contribution >= 0.6 is 0 Å². The van der Waals surface area contributed by atoms with Gasteiger partial charge in [0.05, 0.1) is 42.4 Å². The van der Waals surface area contributed by atoms with Gasteiger partial charge in [-0.05, 0) is 37.2 Å². The maximum absolute atomic E-state index is 12.4. The number of carbonyl (C=O) groups is 1. The SMILES string of the molecule is C=C(OCC)c1c(-c2ccc(C(=O)OC)cc2)nc2c(-c3ccc(-c4ccccc4)nc3)cnn2c1N(COCC[Si](C)(C)C)COCC[Si](C)(C)C. The number of methoxy groups -OCH3 is 1. The van der Waals surface area contributed by atoms with Crippen LogP contribution in [0, 0.1) is 0 Å². The van der Waals surface area contributed by atoms with Crippen molar-refractivity contribution in [2.75, 3.05) is 45.3 Å². The van der Waals surface area contributed by atoms with E-state index in [2.05, 4.69) is 50.8 Å². The van der Waals surface area contributed by atoms with Gasteiger partial charge in [-0.25, -0.2) is 9.78 Å². The minimum absolute atomic E-state index is 0.256. The van der Waals surface area contributed by atoms with Crippen molar-refractivity contribution in [3.63, 3.8) is 0 Å². The Balaban J connectivity index is 1.71. The fourth-order valence-electron chi connectivity index (χ4n) is 5.67. The summed E-state index contributed by atoms with van der Waals surface area (Å²) in [6.07, 6.45) is 3.67. The summed E-state index contributed by atoms with van der Waals surface area (Å²) in [6, 6.07) is 23.4. The van der Waals surface area contributed by atoms with E-state index in [9.17, 15) is 4.79 Å².